The van der Waals surface area contributed by atoms with Crippen molar-refractivity contribution in [3.63, 3.8) is 0 Å². The lowest BCUT2D eigenvalue weighted by atomic mass is 10.1. The van der Waals surface area contributed by atoms with Crippen LogP contribution in [0.1, 0.15) is 32.6 Å². The van der Waals surface area contributed by atoms with Crippen LogP contribution in [0.4, 0.5) is 0 Å². The zero-order valence-corrected chi connectivity index (χ0v) is 10.7. The molecule has 0 aromatic rings. The highest BCUT2D eigenvalue weighted by Crippen LogP contribution is 2.12. The number of carbonyl (C=O) groups is 2. The maximum absolute atomic E-state index is 12.4. The number of amides is 2. The zero-order chi connectivity index (χ0) is 13.0. The molecule has 0 aromatic carbocycles. The Balaban J connectivity index is 2.05. The molecular formula is C12H20N4O2. The van der Waals surface area contributed by atoms with Crippen LogP contribution >= 0.6 is 0 Å². The van der Waals surface area contributed by atoms with Crippen molar-refractivity contribution in [1.29, 1.82) is 0 Å². The Kier molecular flexibility index (Phi) is 4.30. The van der Waals surface area contributed by atoms with Crippen LogP contribution in [0.2, 0.25) is 0 Å². The van der Waals surface area contributed by atoms with Gasteiger partial charge in [0.1, 0.15) is 5.71 Å². The summed E-state index contributed by atoms with van der Waals surface area (Å²) in [6.45, 7) is 4.62. The van der Waals surface area contributed by atoms with Gasteiger partial charge in [-0.2, -0.15) is 5.10 Å². The number of hydrogen-bond acceptors (Lipinski definition) is 4. The lowest BCUT2D eigenvalue weighted by Crippen LogP contribution is -2.47. The van der Waals surface area contributed by atoms with Gasteiger partial charge in [0.15, 0.2) is 0 Å². The largest absolute Gasteiger partial charge is 0.333 e. The van der Waals surface area contributed by atoms with E-state index in [9.17, 15) is 9.59 Å². The molecule has 0 spiro atoms. The topological polar surface area (TPSA) is 73.8 Å². The van der Waals surface area contributed by atoms with Crippen LogP contribution in [-0.2, 0) is 9.59 Å². The molecule has 0 radical (unpaired) electrons. The summed E-state index contributed by atoms with van der Waals surface area (Å²) >= 11 is 0. The van der Waals surface area contributed by atoms with E-state index in [-0.39, 0.29) is 17.9 Å². The van der Waals surface area contributed by atoms with Crippen molar-refractivity contribution in [2.75, 3.05) is 19.6 Å². The van der Waals surface area contributed by atoms with Crippen molar-refractivity contribution >= 4 is 17.5 Å². The molecule has 2 heterocycles. The molecule has 1 atom stereocenters. The first-order valence-corrected chi connectivity index (χ1v) is 6.59. The van der Waals surface area contributed by atoms with Crippen LogP contribution in [0, 0.1) is 0 Å². The van der Waals surface area contributed by atoms with Crippen LogP contribution in [0.3, 0.4) is 0 Å². The monoisotopic (exact) mass is 252 g/mol. The van der Waals surface area contributed by atoms with E-state index in [0.717, 1.165) is 32.5 Å². The van der Waals surface area contributed by atoms with Crippen molar-refractivity contribution in [3.05, 3.63) is 0 Å². The lowest BCUT2D eigenvalue weighted by molar-refractivity contribution is -0.126. The summed E-state index contributed by atoms with van der Waals surface area (Å²) in [4.78, 5) is 25.3. The molecule has 6 nitrogen and oxygen atoms in total. The van der Waals surface area contributed by atoms with E-state index < -0.39 is 0 Å². The highest BCUT2D eigenvalue weighted by Gasteiger charge is 2.29. The third kappa shape index (κ3) is 2.87. The number of nitrogens with zero attached hydrogens (tertiary/aromatic N) is 2. The van der Waals surface area contributed by atoms with Crippen LogP contribution in [0.25, 0.3) is 0 Å². The Morgan fingerprint density at radius 1 is 1.50 bits per heavy atom. The quantitative estimate of drug-likeness (QED) is 0.731. The molecule has 2 aliphatic heterocycles. The summed E-state index contributed by atoms with van der Waals surface area (Å²) < 4.78 is 0. The molecule has 0 saturated carbocycles. The fraction of sp³-hybridized carbons (Fsp3) is 0.750. The Morgan fingerprint density at radius 2 is 2.33 bits per heavy atom. The van der Waals surface area contributed by atoms with E-state index in [0.29, 0.717) is 18.6 Å². The Labute approximate surface area is 107 Å². The summed E-state index contributed by atoms with van der Waals surface area (Å²) in [7, 11) is 0. The molecule has 0 aliphatic carbocycles. The predicted molar refractivity (Wildman–Crippen MR) is 68.1 cm³/mol. The second kappa shape index (κ2) is 5.95. The Morgan fingerprint density at radius 3 is 2.89 bits per heavy atom. The van der Waals surface area contributed by atoms with Gasteiger partial charge in [0.05, 0.1) is 0 Å². The second-order valence-electron chi connectivity index (χ2n) is 4.74. The molecule has 2 aliphatic rings. The number of carbonyl (C=O) groups excluding carboxylic acids is 2. The molecule has 2 N–H and O–H groups in total. The molecule has 0 aromatic heterocycles. The Bertz CT molecular complexity index is 361. The van der Waals surface area contributed by atoms with Crippen LogP contribution < -0.4 is 10.7 Å². The maximum atomic E-state index is 12.4. The molecule has 1 fully saturated rings. The van der Waals surface area contributed by atoms with Gasteiger partial charge in [-0.25, -0.2) is 5.43 Å². The molecule has 18 heavy (non-hydrogen) atoms. The van der Waals surface area contributed by atoms with Gasteiger partial charge in [-0.15, -0.1) is 0 Å². The third-order valence-corrected chi connectivity index (χ3v) is 3.35. The number of nitrogens with one attached hydrogen (secondary N) is 2. The van der Waals surface area contributed by atoms with Gasteiger partial charge in [-0.3, -0.25) is 9.59 Å². The van der Waals surface area contributed by atoms with Crippen molar-refractivity contribution < 1.29 is 9.59 Å². The lowest BCUT2D eigenvalue weighted by Gasteiger charge is -2.29. The molecule has 1 unspecified atom stereocenters. The van der Waals surface area contributed by atoms with E-state index in [2.05, 4.69) is 22.8 Å². The van der Waals surface area contributed by atoms with E-state index in [4.69, 9.17) is 0 Å². The molecule has 2 rings (SSSR count). The summed E-state index contributed by atoms with van der Waals surface area (Å²) in [6.07, 6.45) is 2.73. The highest BCUT2D eigenvalue weighted by molar-refractivity contribution is 6.39. The second-order valence-corrected chi connectivity index (χ2v) is 4.74. The summed E-state index contributed by atoms with van der Waals surface area (Å²) in [6, 6.07) is 0.262. The number of hydrogen-bond donors (Lipinski definition) is 2. The SMILES string of the molecule is CCCN(C(=O)C1=NNC(=O)CC1)C1CCNC1. The fourth-order valence-electron chi connectivity index (χ4n) is 2.39. The van der Waals surface area contributed by atoms with Crippen molar-refractivity contribution in [1.82, 2.24) is 15.6 Å². The summed E-state index contributed by atoms with van der Waals surface area (Å²) in [5, 5.41) is 7.16. The van der Waals surface area contributed by atoms with E-state index in [1.807, 2.05) is 4.90 Å². The molecule has 1 saturated heterocycles. The summed E-state index contributed by atoms with van der Waals surface area (Å²) in [5.74, 6) is -0.137. The van der Waals surface area contributed by atoms with E-state index >= 15 is 0 Å². The highest BCUT2D eigenvalue weighted by atomic mass is 16.2. The Hall–Kier alpha value is -1.43. The van der Waals surface area contributed by atoms with Crippen LogP contribution in [-0.4, -0.2) is 48.1 Å². The molecule has 100 valence electrons. The first-order chi connectivity index (χ1) is 8.72. The minimum absolute atomic E-state index is 0.0226. The smallest absolute Gasteiger partial charge is 0.270 e. The van der Waals surface area contributed by atoms with Gasteiger partial charge in [-0.1, -0.05) is 6.92 Å². The maximum Gasteiger partial charge on any atom is 0.270 e. The molecule has 2 amide bonds. The third-order valence-electron chi connectivity index (χ3n) is 3.35. The first kappa shape index (κ1) is 13.0. The average Bonchev–Trinajstić information content (AvgIpc) is 2.90. The van der Waals surface area contributed by atoms with Crippen molar-refractivity contribution in [3.8, 4) is 0 Å². The fourth-order valence-corrected chi connectivity index (χ4v) is 2.39. The molecule has 6 heteroatoms. The van der Waals surface area contributed by atoms with Gasteiger partial charge in [0, 0.05) is 32.0 Å². The minimum atomic E-state index is -0.115. The van der Waals surface area contributed by atoms with E-state index in [1.54, 1.807) is 0 Å². The van der Waals surface area contributed by atoms with Crippen LogP contribution in [0.15, 0.2) is 5.10 Å². The van der Waals surface area contributed by atoms with Crippen molar-refractivity contribution in [2.45, 2.75) is 38.6 Å². The van der Waals surface area contributed by atoms with Gasteiger partial charge in [0.25, 0.3) is 5.91 Å². The summed E-state index contributed by atoms with van der Waals surface area (Å²) in [5.41, 5.74) is 2.87. The van der Waals surface area contributed by atoms with Gasteiger partial charge >= 0.3 is 0 Å². The standard InChI is InChI=1S/C12H20N4O2/c1-2-7-16(9-5-6-13-8-9)12(18)10-3-4-11(17)15-14-10/h9,13H,2-8H2,1H3,(H,15,17). The number of hydrazone groups is 1. The van der Waals surface area contributed by atoms with Crippen LogP contribution in [0.5, 0.6) is 0 Å². The molecule has 0 bridgehead atoms. The predicted octanol–water partition coefficient (Wildman–Crippen LogP) is -0.147. The number of rotatable bonds is 4. The van der Waals surface area contributed by atoms with Gasteiger partial charge in [0.2, 0.25) is 5.91 Å². The zero-order valence-electron chi connectivity index (χ0n) is 10.7. The first-order valence-electron chi connectivity index (χ1n) is 6.59. The van der Waals surface area contributed by atoms with Crippen molar-refractivity contribution in [2.24, 2.45) is 5.10 Å². The normalized spacial score (nSPS) is 23.5. The minimum Gasteiger partial charge on any atom is -0.333 e. The molecular weight excluding hydrogens is 232 g/mol. The van der Waals surface area contributed by atoms with E-state index in [1.165, 1.54) is 0 Å². The van der Waals surface area contributed by atoms with Gasteiger partial charge < -0.3 is 10.2 Å². The average molecular weight is 252 g/mol. The van der Waals surface area contributed by atoms with Gasteiger partial charge in [-0.05, 0) is 19.4 Å².